The minimum Gasteiger partial charge on any atom is -0.355 e. The van der Waals surface area contributed by atoms with E-state index in [1.54, 1.807) is 25.2 Å². The molecule has 1 amide bonds. The lowest BCUT2D eigenvalue weighted by Crippen LogP contribution is -2.19. The van der Waals surface area contributed by atoms with Crippen molar-refractivity contribution in [3.05, 3.63) is 59.8 Å². The predicted octanol–water partition coefficient (Wildman–Crippen LogP) is 3.80. The van der Waals surface area contributed by atoms with Gasteiger partial charge in [-0.2, -0.15) is 23.5 Å². The predicted molar refractivity (Wildman–Crippen MR) is 117 cm³/mol. The van der Waals surface area contributed by atoms with Gasteiger partial charge in [-0.3, -0.25) is 13.9 Å². The number of rotatable bonds is 6. The van der Waals surface area contributed by atoms with Crippen LogP contribution in [0.5, 0.6) is 0 Å². The van der Waals surface area contributed by atoms with Gasteiger partial charge in [0.25, 0.3) is 5.91 Å². The Morgan fingerprint density at radius 3 is 2.74 bits per heavy atom. The van der Waals surface area contributed by atoms with E-state index in [1.807, 2.05) is 13.0 Å². The molecule has 0 unspecified atom stereocenters. The molecule has 0 aliphatic heterocycles. The number of benzene rings is 1. The number of alkyl halides is 3. The number of aromatic nitrogens is 5. The summed E-state index contributed by atoms with van der Waals surface area (Å²) >= 11 is 0. The highest BCUT2D eigenvalue weighted by atomic mass is 19.4. The molecule has 0 radical (unpaired) electrons. The van der Waals surface area contributed by atoms with Crippen molar-refractivity contribution >= 4 is 23.1 Å². The van der Waals surface area contributed by atoms with Gasteiger partial charge in [0, 0.05) is 36.9 Å². The van der Waals surface area contributed by atoms with Gasteiger partial charge in [0.1, 0.15) is 6.54 Å². The maximum absolute atomic E-state index is 13.6. The van der Waals surface area contributed by atoms with Crippen LogP contribution in [0.4, 0.5) is 24.7 Å². The average Bonchev–Trinajstić information content (AvgIpc) is 3.43. The van der Waals surface area contributed by atoms with Crippen molar-refractivity contribution < 1.29 is 18.0 Å². The molecule has 174 valence electrons. The fraction of sp³-hybridized carbons (Fsp3) is 0.227. The molecule has 12 heteroatoms. The van der Waals surface area contributed by atoms with E-state index in [0.29, 0.717) is 29.1 Å². The van der Waals surface area contributed by atoms with E-state index >= 15 is 0 Å². The van der Waals surface area contributed by atoms with Crippen molar-refractivity contribution in [2.45, 2.75) is 26.1 Å². The third-order valence-corrected chi connectivity index (χ3v) is 5.19. The summed E-state index contributed by atoms with van der Waals surface area (Å²) in [6.45, 7) is 1.61. The van der Waals surface area contributed by atoms with Crippen LogP contribution >= 0.6 is 0 Å². The summed E-state index contributed by atoms with van der Waals surface area (Å²) in [5.41, 5.74) is 1.17. The van der Waals surface area contributed by atoms with Crippen LogP contribution in [-0.4, -0.2) is 37.1 Å². The normalized spacial score (nSPS) is 11.4. The van der Waals surface area contributed by atoms with E-state index in [9.17, 15) is 18.0 Å². The van der Waals surface area contributed by atoms with Crippen molar-refractivity contribution in [1.82, 2.24) is 29.5 Å². The largest absolute Gasteiger partial charge is 0.435 e. The van der Waals surface area contributed by atoms with Crippen molar-refractivity contribution in [3.8, 4) is 17.3 Å². The van der Waals surface area contributed by atoms with E-state index in [2.05, 4.69) is 25.7 Å². The Kier molecular flexibility index (Phi) is 5.93. The molecule has 3 heterocycles. The van der Waals surface area contributed by atoms with E-state index in [0.717, 1.165) is 10.2 Å². The summed E-state index contributed by atoms with van der Waals surface area (Å²) in [5.74, 6) is 0.125. The molecule has 0 bridgehead atoms. The molecule has 3 aromatic heterocycles. The minimum absolute atomic E-state index is 0.154. The lowest BCUT2D eigenvalue weighted by molar-refractivity contribution is -0.141. The Morgan fingerprint density at radius 1 is 1.26 bits per heavy atom. The number of carbonyl (C=O) groups excluding carboxylic acids is 1. The van der Waals surface area contributed by atoms with Crippen LogP contribution in [0.3, 0.4) is 0 Å². The minimum atomic E-state index is -4.71. The van der Waals surface area contributed by atoms with E-state index < -0.39 is 11.9 Å². The molecule has 2 N–H and O–H groups in total. The number of hydrogen-bond acceptors (Lipinski definition) is 6. The second-order valence-electron chi connectivity index (χ2n) is 7.29. The van der Waals surface area contributed by atoms with Crippen molar-refractivity contribution in [3.63, 3.8) is 0 Å². The van der Waals surface area contributed by atoms with Crippen LogP contribution in [0.25, 0.3) is 16.9 Å². The smallest absolute Gasteiger partial charge is 0.355 e. The summed E-state index contributed by atoms with van der Waals surface area (Å²) < 4.78 is 43.2. The van der Waals surface area contributed by atoms with Gasteiger partial charge in [0.05, 0.1) is 23.5 Å². The van der Waals surface area contributed by atoms with E-state index in [1.165, 1.54) is 29.2 Å². The molecule has 0 fully saturated rings. The number of anilines is 2. The number of nitrogens with zero attached hydrogens (tertiary/aromatic N) is 6. The summed E-state index contributed by atoms with van der Waals surface area (Å²) in [6, 6.07) is 7.00. The van der Waals surface area contributed by atoms with E-state index in [4.69, 9.17) is 5.26 Å². The van der Waals surface area contributed by atoms with E-state index in [-0.39, 0.29) is 23.7 Å². The fourth-order valence-electron chi connectivity index (χ4n) is 3.64. The van der Waals surface area contributed by atoms with Crippen LogP contribution < -0.4 is 10.6 Å². The number of amides is 1. The van der Waals surface area contributed by atoms with Crippen molar-refractivity contribution in [2.75, 3.05) is 12.4 Å². The number of halogens is 3. The van der Waals surface area contributed by atoms with Crippen molar-refractivity contribution in [1.29, 1.82) is 5.26 Å². The van der Waals surface area contributed by atoms with Gasteiger partial charge in [-0.15, -0.1) is 0 Å². The number of nitriles is 1. The second-order valence-corrected chi connectivity index (χ2v) is 7.29. The lowest BCUT2D eigenvalue weighted by atomic mass is 10.0. The molecular formula is C22H19F3N8O. The van der Waals surface area contributed by atoms with Gasteiger partial charge in [-0.25, -0.2) is 9.97 Å². The van der Waals surface area contributed by atoms with Gasteiger partial charge < -0.3 is 10.6 Å². The fourth-order valence-corrected chi connectivity index (χ4v) is 3.64. The highest BCUT2D eigenvalue weighted by Crippen LogP contribution is 2.36. The third kappa shape index (κ3) is 4.15. The monoisotopic (exact) mass is 468 g/mol. The molecule has 0 aliphatic rings. The highest BCUT2D eigenvalue weighted by molar-refractivity contribution is 5.96. The number of nitrogens with one attached hydrogen (secondary N) is 2. The molecule has 0 aliphatic carbocycles. The Balaban J connectivity index is 1.76. The van der Waals surface area contributed by atoms with Gasteiger partial charge in [-0.05, 0) is 30.2 Å². The van der Waals surface area contributed by atoms with Gasteiger partial charge in [-0.1, -0.05) is 6.92 Å². The van der Waals surface area contributed by atoms with Crippen LogP contribution in [0.15, 0.2) is 43.0 Å². The summed E-state index contributed by atoms with van der Waals surface area (Å²) in [7, 11) is 1.56. The molecule has 0 spiro atoms. The number of fused-ring (bicyclic) bond motifs is 1. The topological polar surface area (TPSA) is 113 Å². The summed E-state index contributed by atoms with van der Waals surface area (Å²) in [5, 5.41) is 18.1. The first-order valence-corrected chi connectivity index (χ1v) is 10.2. The zero-order chi connectivity index (χ0) is 24.5. The van der Waals surface area contributed by atoms with Gasteiger partial charge in [0.15, 0.2) is 17.2 Å². The molecule has 0 atom stereocenters. The first kappa shape index (κ1) is 22.8. The average molecular weight is 468 g/mol. The van der Waals surface area contributed by atoms with Crippen LogP contribution in [0, 0.1) is 11.3 Å². The molecule has 1 aromatic carbocycles. The summed E-state index contributed by atoms with van der Waals surface area (Å²) in [4.78, 5) is 20.6. The number of hydrogen-bond donors (Lipinski definition) is 2. The van der Waals surface area contributed by atoms with Crippen LogP contribution in [0.1, 0.15) is 28.5 Å². The first-order chi connectivity index (χ1) is 16.3. The maximum atomic E-state index is 13.6. The Bertz CT molecular complexity index is 1410. The first-order valence-electron chi connectivity index (χ1n) is 10.2. The third-order valence-electron chi connectivity index (χ3n) is 5.19. The standard InChI is InChI=1S/C22H19F3N8O/c1-3-13-10-14(4-5-15(13)21(34)27-2)30-19-20-29-11-17(33(20)9-7-28-19)16-12-32(8-6-26)31-18(16)22(23,24)25/h4-5,7,9-12H,3,8H2,1-2H3,(H,27,34)(H,28,30). The molecule has 4 aromatic rings. The zero-order valence-corrected chi connectivity index (χ0v) is 18.2. The van der Waals surface area contributed by atoms with Crippen LogP contribution in [-0.2, 0) is 19.1 Å². The highest BCUT2D eigenvalue weighted by Gasteiger charge is 2.38. The molecule has 9 nitrogen and oxygen atoms in total. The van der Waals surface area contributed by atoms with Gasteiger partial charge >= 0.3 is 6.18 Å². The molecule has 4 rings (SSSR count). The zero-order valence-electron chi connectivity index (χ0n) is 18.2. The number of imidazole rings is 1. The number of aryl methyl sites for hydroxylation is 1. The van der Waals surface area contributed by atoms with Gasteiger partial charge in [0.2, 0.25) is 0 Å². The Labute approximate surface area is 191 Å². The Morgan fingerprint density at radius 2 is 2.06 bits per heavy atom. The Hall–Kier alpha value is -4.40. The maximum Gasteiger partial charge on any atom is 0.435 e. The lowest BCUT2D eigenvalue weighted by Gasteiger charge is -2.12. The summed E-state index contributed by atoms with van der Waals surface area (Å²) in [6.07, 6.45) is 1.32. The van der Waals surface area contributed by atoms with Crippen LogP contribution in [0.2, 0.25) is 0 Å². The molecular weight excluding hydrogens is 449 g/mol. The second kappa shape index (κ2) is 8.86. The molecule has 0 saturated heterocycles. The SMILES string of the molecule is CCc1cc(Nc2nccn3c(-c4cn(CC#N)nc4C(F)(F)F)cnc23)ccc1C(=O)NC. The number of carbonyl (C=O) groups is 1. The van der Waals surface area contributed by atoms with Crippen molar-refractivity contribution in [2.24, 2.45) is 0 Å². The molecule has 0 saturated carbocycles. The quantitative estimate of drug-likeness (QED) is 0.445. The molecule has 34 heavy (non-hydrogen) atoms.